The molecule has 2 amide bonds. The fourth-order valence-corrected chi connectivity index (χ4v) is 3.41. The number of carbonyl (C=O) groups excluding carboxylic acids is 1. The Balaban J connectivity index is 1.73. The molecule has 1 N–H and O–H groups in total. The molecule has 9 heteroatoms. The average molecular weight is 464 g/mol. The van der Waals surface area contributed by atoms with Crippen LogP contribution in [0.1, 0.15) is 43.9 Å². The highest BCUT2D eigenvalue weighted by Gasteiger charge is 2.32. The molecule has 2 aromatic carbocycles. The third kappa shape index (κ3) is 6.87. The molecule has 0 aromatic heterocycles. The Morgan fingerprint density at radius 3 is 2.48 bits per heavy atom. The number of nitrogens with zero attached hydrogens (tertiary/aromatic N) is 2. The molecule has 1 aliphatic rings. The van der Waals surface area contributed by atoms with Gasteiger partial charge in [0.2, 0.25) is 0 Å². The Bertz CT molecular complexity index is 998. The summed E-state index contributed by atoms with van der Waals surface area (Å²) in [5.74, 6) is 0.723. The zero-order chi connectivity index (χ0) is 24.2. The largest absolute Gasteiger partial charge is 0.497 e. The third-order valence-corrected chi connectivity index (χ3v) is 4.98. The summed E-state index contributed by atoms with van der Waals surface area (Å²) < 4.78 is 44.6. The van der Waals surface area contributed by atoms with Crippen LogP contribution in [0.15, 0.2) is 53.7 Å². The molecular weight excluding hydrogens is 435 g/mol. The molecule has 1 atom stereocenters. The van der Waals surface area contributed by atoms with E-state index >= 15 is 0 Å². The molecular formula is C24H28F3N3O3. The second-order valence-electron chi connectivity index (χ2n) is 8.96. The highest BCUT2D eigenvalue weighted by molar-refractivity contribution is 6.01. The summed E-state index contributed by atoms with van der Waals surface area (Å²) in [5.41, 5.74) is 0.728. The van der Waals surface area contributed by atoms with Crippen LogP contribution in [0, 0.1) is 0 Å². The average Bonchev–Trinajstić information content (AvgIpc) is 3.20. The molecule has 178 valence electrons. The molecule has 3 rings (SSSR count). The van der Waals surface area contributed by atoms with E-state index in [2.05, 4.69) is 10.5 Å². The lowest BCUT2D eigenvalue weighted by Gasteiger charge is -2.30. The third-order valence-electron chi connectivity index (χ3n) is 4.98. The first-order valence-corrected chi connectivity index (χ1v) is 10.5. The SMILES string of the molecule is COc1ccc(C2=NOC(CN(Cc3cccc(C(F)(F)F)c3)C(=O)NC(C)(C)C)C2)cc1. The van der Waals surface area contributed by atoms with Crippen molar-refractivity contribution in [3.8, 4) is 5.75 Å². The van der Waals surface area contributed by atoms with Crippen LogP contribution in [-0.4, -0.2) is 41.9 Å². The number of amides is 2. The van der Waals surface area contributed by atoms with Gasteiger partial charge < -0.3 is 19.8 Å². The summed E-state index contributed by atoms with van der Waals surface area (Å²) in [7, 11) is 1.59. The van der Waals surface area contributed by atoms with Crippen LogP contribution in [0.2, 0.25) is 0 Å². The van der Waals surface area contributed by atoms with Gasteiger partial charge in [0.25, 0.3) is 0 Å². The number of ether oxygens (including phenoxy) is 1. The lowest BCUT2D eigenvalue weighted by molar-refractivity contribution is -0.137. The molecule has 0 saturated carbocycles. The number of oxime groups is 1. The van der Waals surface area contributed by atoms with Crippen molar-refractivity contribution in [1.29, 1.82) is 0 Å². The second-order valence-corrected chi connectivity index (χ2v) is 8.96. The summed E-state index contributed by atoms with van der Waals surface area (Å²) in [6.45, 7) is 5.68. The Kier molecular flexibility index (Phi) is 7.19. The number of methoxy groups -OCH3 is 1. The first-order valence-electron chi connectivity index (χ1n) is 10.5. The van der Waals surface area contributed by atoms with E-state index in [0.29, 0.717) is 12.0 Å². The molecule has 0 saturated heterocycles. The Morgan fingerprint density at radius 2 is 1.88 bits per heavy atom. The molecule has 0 aliphatic carbocycles. The summed E-state index contributed by atoms with van der Waals surface area (Å²) in [6.07, 6.45) is -4.41. The highest BCUT2D eigenvalue weighted by atomic mass is 19.4. The van der Waals surface area contributed by atoms with Crippen molar-refractivity contribution in [2.75, 3.05) is 13.7 Å². The van der Waals surface area contributed by atoms with E-state index in [-0.39, 0.29) is 19.1 Å². The fraction of sp³-hybridized carbons (Fsp3) is 0.417. The van der Waals surface area contributed by atoms with Gasteiger partial charge in [-0.1, -0.05) is 17.3 Å². The van der Waals surface area contributed by atoms with Crippen LogP contribution in [0.25, 0.3) is 0 Å². The van der Waals surface area contributed by atoms with E-state index in [0.717, 1.165) is 29.2 Å². The van der Waals surface area contributed by atoms with E-state index in [1.165, 1.54) is 11.0 Å². The van der Waals surface area contributed by atoms with Crippen LogP contribution in [0.5, 0.6) is 5.75 Å². The number of benzene rings is 2. The van der Waals surface area contributed by atoms with Crippen molar-refractivity contribution in [3.63, 3.8) is 0 Å². The molecule has 33 heavy (non-hydrogen) atoms. The topological polar surface area (TPSA) is 63.2 Å². The predicted octanol–water partition coefficient (Wildman–Crippen LogP) is 5.22. The molecule has 2 aromatic rings. The minimum Gasteiger partial charge on any atom is -0.497 e. The highest BCUT2D eigenvalue weighted by Crippen LogP contribution is 2.30. The normalized spacial score (nSPS) is 16.1. The van der Waals surface area contributed by atoms with Gasteiger partial charge >= 0.3 is 12.2 Å². The van der Waals surface area contributed by atoms with Gasteiger partial charge in [-0.15, -0.1) is 0 Å². The quantitative estimate of drug-likeness (QED) is 0.639. The van der Waals surface area contributed by atoms with Gasteiger partial charge in [0.05, 0.1) is 24.9 Å². The van der Waals surface area contributed by atoms with Crippen molar-refractivity contribution < 1.29 is 27.5 Å². The summed E-state index contributed by atoms with van der Waals surface area (Å²) in [5, 5.41) is 7.02. The minimum absolute atomic E-state index is 0.00353. The number of halogens is 3. The van der Waals surface area contributed by atoms with E-state index in [9.17, 15) is 18.0 Å². The lowest BCUT2D eigenvalue weighted by Crippen LogP contribution is -2.50. The van der Waals surface area contributed by atoms with Crippen LogP contribution < -0.4 is 10.1 Å². The van der Waals surface area contributed by atoms with Crippen molar-refractivity contribution in [2.24, 2.45) is 5.16 Å². The minimum atomic E-state index is -4.45. The number of rotatable bonds is 6. The van der Waals surface area contributed by atoms with Crippen molar-refractivity contribution in [1.82, 2.24) is 10.2 Å². The number of hydrogen-bond acceptors (Lipinski definition) is 4. The van der Waals surface area contributed by atoms with Gasteiger partial charge in [-0.2, -0.15) is 13.2 Å². The van der Waals surface area contributed by atoms with Gasteiger partial charge in [-0.3, -0.25) is 0 Å². The number of carbonyl (C=O) groups is 1. The van der Waals surface area contributed by atoms with Crippen LogP contribution in [0.3, 0.4) is 0 Å². The standard InChI is InChI=1S/C24H28F3N3O3/c1-23(2,3)28-22(31)30(14-16-6-5-7-18(12-16)24(25,26)27)15-20-13-21(29-33-20)17-8-10-19(32-4)11-9-17/h5-12,20H,13-15H2,1-4H3,(H,28,31). The fourth-order valence-electron chi connectivity index (χ4n) is 3.41. The lowest BCUT2D eigenvalue weighted by atomic mass is 10.0. The van der Waals surface area contributed by atoms with Crippen molar-refractivity contribution >= 4 is 11.7 Å². The maximum absolute atomic E-state index is 13.1. The summed E-state index contributed by atoms with van der Waals surface area (Å²) in [6, 6.07) is 12.0. The van der Waals surface area contributed by atoms with Gasteiger partial charge in [0.1, 0.15) is 5.75 Å². The number of alkyl halides is 3. The molecule has 1 unspecified atom stereocenters. The first kappa shape index (κ1) is 24.4. The molecule has 6 nitrogen and oxygen atoms in total. The van der Waals surface area contributed by atoms with Crippen LogP contribution in [-0.2, 0) is 17.6 Å². The molecule has 0 bridgehead atoms. The van der Waals surface area contributed by atoms with E-state index in [4.69, 9.17) is 9.57 Å². The Morgan fingerprint density at radius 1 is 1.18 bits per heavy atom. The zero-order valence-electron chi connectivity index (χ0n) is 19.1. The molecule has 1 heterocycles. The number of nitrogens with one attached hydrogen (secondary N) is 1. The van der Waals surface area contributed by atoms with E-state index < -0.39 is 23.4 Å². The van der Waals surface area contributed by atoms with Crippen molar-refractivity contribution in [2.45, 2.75) is 51.6 Å². The zero-order valence-corrected chi connectivity index (χ0v) is 19.1. The summed E-state index contributed by atoms with van der Waals surface area (Å²) >= 11 is 0. The van der Waals surface area contributed by atoms with Gasteiger partial charge in [-0.05, 0) is 68.3 Å². The summed E-state index contributed by atoms with van der Waals surface area (Å²) in [4.78, 5) is 20.0. The molecule has 1 aliphatic heterocycles. The predicted molar refractivity (Wildman–Crippen MR) is 119 cm³/mol. The van der Waals surface area contributed by atoms with E-state index in [1.54, 1.807) is 13.2 Å². The molecule has 0 fully saturated rings. The van der Waals surface area contributed by atoms with Crippen LogP contribution in [0.4, 0.5) is 18.0 Å². The van der Waals surface area contributed by atoms with Gasteiger partial charge in [0, 0.05) is 18.5 Å². The van der Waals surface area contributed by atoms with E-state index in [1.807, 2.05) is 45.0 Å². The van der Waals surface area contributed by atoms with Crippen molar-refractivity contribution in [3.05, 3.63) is 65.2 Å². The Labute approximate surface area is 191 Å². The number of hydrogen-bond donors (Lipinski definition) is 1. The van der Waals surface area contributed by atoms with Gasteiger partial charge in [0.15, 0.2) is 6.10 Å². The smallest absolute Gasteiger partial charge is 0.416 e. The number of urea groups is 1. The maximum atomic E-state index is 13.1. The van der Waals surface area contributed by atoms with Gasteiger partial charge in [-0.25, -0.2) is 4.79 Å². The maximum Gasteiger partial charge on any atom is 0.416 e. The van der Waals surface area contributed by atoms with Crippen LogP contribution >= 0.6 is 0 Å². The second kappa shape index (κ2) is 9.72. The molecule has 0 spiro atoms. The Hall–Kier alpha value is -3.23. The monoisotopic (exact) mass is 463 g/mol. The molecule has 0 radical (unpaired) electrons. The first-order chi connectivity index (χ1) is 15.4.